The fraction of sp³-hybridized carbons (Fsp3) is 0.812. The van der Waals surface area contributed by atoms with Crippen molar-refractivity contribution in [2.75, 3.05) is 7.11 Å². The Balaban J connectivity index is 1.93. The average molecular weight is 296 g/mol. The van der Waals surface area contributed by atoms with Gasteiger partial charge < -0.3 is 19.3 Å². The summed E-state index contributed by atoms with van der Waals surface area (Å²) >= 11 is 0. The Hall–Kier alpha value is -0.910. The van der Waals surface area contributed by atoms with Gasteiger partial charge in [-0.3, -0.25) is 0 Å². The molecule has 2 saturated heterocycles. The van der Waals surface area contributed by atoms with Crippen LogP contribution in [-0.2, 0) is 19.0 Å². The number of aliphatic hydroxyl groups excluding tert-OH is 1. The first-order valence-corrected chi connectivity index (χ1v) is 7.63. The highest BCUT2D eigenvalue weighted by molar-refractivity contribution is 5.90. The van der Waals surface area contributed by atoms with Crippen molar-refractivity contribution in [3.05, 3.63) is 12.2 Å². The second-order valence-electron chi connectivity index (χ2n) is 6.99. The highest BCUT2D eigenvalue weighted by atomic mass is 16.7. The quantitative estimate of drug-likeness (QED) is 0.591. The molecular weight excluding hydrogens is 272 g/mol. The summed E-state index contributed by atoms with van der Waals surface area (Å²) in [5.41, 5.74) is 0.125. The predicted molar refractivity (Wildman–Crippen MR) is 75.0 cm³/mol. The van der Waals surface area contributed by atoms with Crippen molar-refractivity contribution in [3.63, 3.8) is 0 Å². The summed E-state index contributed by atoms with van der Waals surface area (Å²) in [4.78, 5) is 11.8. The number of hydrogen-bond acceptors (Lipinski definition) is 5. The van der Waals surface area contributed by atoms with E-state index in [1.54, 1.807) is 7.11 Å². The molecular formula is C16H24O5. The zero-order valence-electron chi connectivity index (χ0n) is 12.9. The van der Waals surface area contributed by atoms with Crippen molar-refractivity contribution in [2.45, 2.75) is 51.8 Å². The molecule has 118 valence electrons. The van der Waals surface area contributed by atoms with E-state index >= 15 is 0 Å². The van der Waals surface area contributed by atoms with Crippen molar-refractivity contribution in [2.24, 2.45) is 23.2 Å². The standard InChI is InChI=1S/C16H24O5/c1-8-5-12-10(9(2)14(17)20-12)7-16(3)11(8)6-13(19-4)21-15(16)18/h8,10-13,15,18H,2,5-7H2,1,3-4H3. The molecule has 21 heavy (non-hydrogen) atoms. The van der Waals surface area contributed by atoms with E-state index in [4.69, 9.17) is 14.2 Å². The Kier molecular flexibility index (Phi) is 3.62. The van der Waals surface area contributed by atoms with Gasteiger partial charge in [0.1, 0.15) is 6.10 Å². The number of ether oxygens (including phenoxy) is 3. The van der Waals surface area contributed by atoms with Crippen molar-refractivity contribution < 1.29 is 24.1 Å². The molecule has 3 rings (SSSR count). The van der Waals surface area contributed by atoms with Crippen LogP contribution in [0.15, 0.2) is 12.2 Å². The van der Waals surface area contributed by atoms with Gasteiger partial charge in [0.05, 0.1) is 0 Å². The smallest absolute Gasteiger partial charge is 0.334 e. The summed E-state index contributed by atoms with van der Waals surface area (Å²) in [5, 5.41) is 10.5. The number of carbonyl (C=O) groups excluding carboxylic acids is 1. The molecule has 0 aromatic heterocycles. The molecule has 7 atom stereocenters. The molecule has 7 unspecified atom stereocenters. The summed E-state index contributed by atoms with van der Waals surface area (Å²) < 4.78 is 16.4. The summed E-state index contributed by atoms with van der Waals surface area (Å²) in [6.45, 7) is 8.09. The fourth-order valence-corrected chi connectivity index (χ4v) is 4.44. The van der Waals surface area contributed by atoms with Gasteiger partial charge >= 0.3 is 5.97 Å². The highest BCUT2D eigenvalue weighted by Gasteiger charge is 2.56. The molecule has 3 aliphatic rings. The molecule has 0 aromatic carbocycles. The largest absolute Gasteiger partial charge is 0.458 e. The maximum absolute atomic E-state index is 11.8. The SMILES string of the molecule is C=C1C(=O)OC2CC(C)C3CC(OC)OC(O)C3(C)CC12. The van der Waals surface area contributed by atoms with Gasteiger partial charge in [0.25, 0.3) is 0 Å². The predicted octanol–water partition coefficient (Wildman–Crippen LogP) is 1.85. The highest BCUT2D eigenvalue weighted by Crippen LogP contribution is 2.55. The van der Waals surface area contributed by atoms with E-state index in [9.17, 15) is 9.90 Å². The number of rotatable bonds is 1. The fourth-order valence-electron chi connectivity index (χ4n) is 4.44. The van der Waals surface area contributed by atoms with Gasteiger partial charge in [0.2, 0.25) is 0 Å². The van der Waals surface area contributed by atoms with Crippen LogP contribution in [0.25, 0.3) is 0 Å². The van der Waals surface area contributed by atoms with Gasteiger partial charge in [-0.05, 0) is 24.7 Å². The first-order chi connectivity index (χ1) is 9.86. The molecule has 5 nitrogen and oxygen atoms in total. The van der Waals surface area contributed by atoms with E-state index in [1.165, 1.54) is 0 Å². The third-order valence-corrected chi connectivity index (χ3v) is 5.77. The lowest BCUT2D eigenvalue weighted by atomic mass is 9.65. The van der Waals surface area contributed by atoms with E-state index in [0.717, 1.165) is 12.8 Å². The molecule has 0 bridgehead atoms. The third-order valence-electron chi connectivity index (χ3n) is 5.77. The minimum absolute atomic E-state index is 0.0210. The number of aliphatic hydroxyl groups is 1. The van der Waals surface area contributed by atoms with E-state index < -0.39 is 11.7 Å². The van der Waals surface area contributed by atoms with E-state index in [-0.39, 0.29) is 30.2 Å². The maximum atomic E-state index is 11.8. The lowest BCUT2D eigenvalue weighted by Gasteiger charge is -2.48. The van der Waals surface area contributed by atoms with Crippen molar-refractivity contribution >= 4 is 5.97 Å². The van der Waals surface area contributed by atoms with Crippen LogP contribution in [0.5, 0.6) is 0 Å². The Morgan fingerprint density at radius 2 is 2.14 bits per heavy atom. The van der Waals surface area contributed by atoms with E-state index in [0.29, 0.717) is 17.9 Å². The van der Waals surface area contributed by atoms with Crippen LogP contribution in [0.3, 0.4) is 0 Å². The van der Waals surface area contributed by atoms with Crippen molar-refractivity contribution in [3.8, 4) is 0 Å². The lowest BCUT2D eigenvalue weighted by molar-refractivity contribution is -0.310. The van der Waals surface area contributed by atoms with Crippen LogP contribution in [-0.4, -0.2) is 36.9 Å². The minimum Gasteiger partial charge on any atom is -0.458 e. The number of esters is 1. The Morgan fingerprint density at radius 1 is 1.43 bits per heavy atom. The van der Waals surface area contributed by atoms with Gasteiger partial charge in [0, 0.05) is 30.4 Å². The van der Waals surface area contributed by atoms with Crippen molar-refractivity contribution in [1.29, 1.82) is 0 Å². The monoisotopic (exact) mass is 296 g/mol. The van der Waals surface area contributed by atoms with Crippen LogP contribution in [0.2, 0.25) is 0 Å². The van der Waals surface area contributed by atoms with Gasteiger partial charge in [-0.25, -0.2) is 4.79 Å². The number of carbonyl (C=O) groups is 1. The second kappa shape index (κ2) is 5.07. The Bertz CT molecular complexity index is 462. The number of fused-ring (bicyclic) bond motifs is 2. The summed E-state index contributed by atoms with van der Waals surface area (Å²) in [5.74, 6) is 0.274. The number of hydrogen-bond donors (Lipinski definition) is 1. The first kappa shape index (κ1) is 15.0. The molecule has 5 heteroatoms. The van der Waals surface area contributed by atoms with Crippen molar-refractivity contribution in [1.82, 2.24) is 0 Å². The van der Waals surface area contributed by atoms with E-state index in [2.05, 4.69) is 13.5 Å². The minimum atomic E-state index is -0.897. The molecule has 1 N–H and O–H groups in total. The molecule has 0 radical (unpaired) electrons. The zero-order chi connectivity index (χ0) is 15.4. The van der Waals surface area contributed by atoms with Crippen LogP contribution in [0.4, 0.5) is 0 Å². The lowest BCUT2D eigenvalue weighted by Crippen LogP contribution is -2.51. The molecule has 0 spiro atoms. The molecule has 0 aromatic rings. The van der Waals surface area contributed by atoms with Gasteiger partial charge in [-0.1, -0.05) is 20.4 Å². The summed E-state index contributed by atoms with van der Waals surface area (Å²) in [6, 6.07) is 0. The van der Waals surface area contributed by atoms with Gasteiger partial charge in [-0.2, -0.15) is 0 Å². The number of methoxy groups -OCH3 is 1. The van der Waals surface area contributed by atoms with Crippen LogP contribution < -0.4 is 0 Å². The second-order valence-corrected chi connectivity index (χ2v) is 6.99. The molecule has 1 aliphatic carbocycles. The summed E-state index contributed by atoms with van der Waals surface area (Å²) in [6.07, 6.45) is 0.837. The molecule has 2 aliphatic heterocycles. The first-order valence-electron chi connectivity index (χ1n) is 7.63. The van der Waals surface area contributed by atoms with E-state index in [1.807, 2.05) is 6.92 Å². The molecule has 3 fully saturated rings. The Labute approximate surface area is 125 Å². The molecule has 1 saturated carbocycles. The summed E-state index contributed by atoms with van der Waals surface area (Å²) in [7, 11) is 1.60. The molecule has 0 amide bonds. The molecule has 2 heterocycles. The maximum Gasteiger partial charge on any atom is 0.334 e. The normalized spacial score (nSPS) is 50.1. The van der Waals surface area contributed by atoms with Crippen LogP contribution in [0, 0.1) is 23.2 Å². The Morgan fingerprint density at radius 3 is 2.81 bits per heavy atom. The van der Waals surface area contributed by atoms with Crippen LogP contribution in [0.1, 0.15) is 33.1 Å². The average Bonchev–Trinajstić information content (AvgIpc) is 2.63. The third kappa shape index (κ3) is 2.22. The zero-order valence-corrected chi connectivity index (χ0v) is 12.9. The van der Waals surface area contributed by atoms with Crippen LogP contribution >= 0.6 is 0 Å². The topological polar surface area (TPSA) is 65.0 Å². The van der Waals surface area contributed by atoms with Gasteiger partial charge in [0.15, 0.2) is 12.6 Å². The van der Waals surface area contributed by atoms with Gasteiger partial charge in [-0.15, -0.1) is 0 Å².